The molecule has 6 nitrogen and oxygen atoms in total. The number of rotatable bonds is 5. The summed E-state index contributed by atoms with van der Waals surface area (Å²) in [7, 11) is 1.56. The SMILES string of the molecule is CC(O)CCN(C)C(=O)c1cc([N+](=O)[O-])ccc1Cl. The van der Waals surface area contributed by atoms with E-state index in [1.807, 2.05) is 0 Å². The Morgan fingerprint density at radius 2 is 2.21 bits per heavy atom. The van der Waals surface area contributed by atoms with Crippen molar-refractivity contribution in [3.05, 3.63) is 38.9 Å². The number of carbonyl (C=O) groups is 1. The Morgan fingerprint density at radius 3 is 2.74 bits per heavy atom. The highest BCUT2D eigenvalue weighted by Crippen LogP contribution is 2.23. The Balaban J connectivity index is 2.92. The van der Waals surface area contributed by atoms with Crippen LogP contribution in [0.1, 0.15) is 23.7 Å². The van der Waals surface area contributed by atoms with Gasteiger partial charge in [-0.15, -0.1) is 0 Å². The Labute approximate surface area is 115 Å². The van der Waals surface area contributed by atoms with E-state index >= 15 is 0 Å². The minimum atomic E-state index is -0.580. The number of carbonyl (C=O) groups excluding carboxylic acids is 1. The van der Waals surface area contributed by atoms with E-state index in [1.54, 1.807) is 14.0 Å². The topological polar surface area (TPSA) is 83.7 Å². The number of aliphatic hydroxyl groups excluding tert-OH is 1. The van der Waals surface area contributed by atoms with Gasteiger partial charge in [0.25, 0.3) is 11.6 Å². The molecule has 1 amide bonds. The molecule has 1 atom stereocenters. The molecule has 104 valence electrons. The average molecular weight is 287 g/mol. The van der Waals surface area contributed by atoms with Crippen molar-refractivity contribution in [3.63, 3.8) is 0 Å². The van der Waals surface area contributed by atoms with Crippen LogP contribution in [-0.2, 0) is 0 Å². The van der Waals surface area contributed by atoms with Gasteiger partial charge in [0.2, 0.25) is 0 Å². The lowest BCUT2D eigenvalue weighted by molar-refractivity contribution is -0.384. The summed E-state index contributed by atoms with van der Waals surface area (Å²) in [5.74, 6) is -0.408. The Hall–Kier alpha value is -1.66. The zero-order valence-electron chi connectivity index (χ0n) is 10.7. The molecule has 0 heterocycles. The van der Waals surface area contributed by atoms with Crippen molar-refractivity contribution in [1.82, 2.24) is 4.90 Å². The lowest BCUT2D eigenvalue weighted by atomic mass is 10.1. The minimum absolute atomic E-state index is 0.0870. The van der Waals surface area contributed by atoms with E-state index in [4.69, 9.17) is 11.6 Å². The van der Waals surface area contributed by atoms with E-state index < -0.39 is 16.9 Å². The third-order valence-electron chi connectivity index (χ3n) is 2.62. The fourth-order valence-corrected chi connectivity index (χ4v) is 1.68. The third kappa shape index (κ3) is 4.18. The molecule has 0 aliphatic heterocycles. The predicted octanol–water partition coefficient (Wildman–Crippen LogP) is 2.09. The maximum absolute atomic E-state index is 12.1. The van der Waals surface area contributed by atoms with Gasteiger partial charge in [-0.25, -0.2) is 0 Å². The summed E-state index contributed by atoms with van der Waals surface area (Å²) in [5.41, 5.74) is -0.0966. The van der Waals surface area contributed by atoms with E-state index in [1.165, 1.54) is 17.0 Å². The van der Waals surface area contributed by atoms with Crippen molar-refractivity contribution in [3.8, 4) is 0 Å². The first-order valence-electron chi connectivity index (χ1n) is 5.70. The van der Waals surface area contributed by atoms with Crippen LogP contribution in [0.3, 0.4) is 0 Å². The zero-order valence-corrected chi connectivity index (χ0v) is 11.4. The molecular weight excluding hydrogens is 272 g/mol. The second kappa shape index (κ2) is 6.49. The Morgan fingerprint density at radius 1 is 1.58 bits per heavy atom. The van der Waals surface area contributed by atoms with Gasteiger partial charge in [0, 0.05) is 25.7 Å². The van der Waals surface area contributed by atoms with Gasteiger partial charge in [0.15, 0.2) is 0 Å². The van der Waals surface area contributed by atoms with Crippen molar-refractivity contribution in [2.24, 2.45) is 0 Å². The van der Waals surface area contributed by atoms with Crippen molar-refractivity contribution in [1.29, 1.82) is 0 Å². The molecule has 7 heteroatoms. The Bertz CT molecular complexity index is 491. The highest BCUT2D eigenvalue weighted by molar-refractivity contribution is 6.33. The molecule has 0 spiro atoms. The molecule has 1 unspecified atom stereocenters. The number of halogens is 1. The molecule has 1 aromatic carbocycles. The summed E-state index contributed by atoms with van der Waals surface area (Å²) in [5, 5.41) is 20.0. The number of aliphatic hydroxyl groups is 1. The molecule has 0 aliphatic rings. The normalized spacial score (nSPS) is 12.0. The van der Waals surface area contributed by atoms with E-state index in [0.29, 0.717) is 13.0 Å². The summed E-state index contributed by atoms with van der Waals surface area (Å²) in [6.07, 6.45) is -0.0924. The molecule has 0 saturated carbocycles. The molecule has 0 bridgehead atoms. The van der Waals surface area contributed by atoms with E-state index in [0.717, 1.165) is 6.07 Å². The number of hydrogen-bond acceptors (Lipinski definition) is 4. The van der Waals surface area contributed by atoms with Gasteiger partial charge in [-0.3, -0.25) is 14.9 Å². The van der Waals surface area contributed by atoms with Crippen LogP contribution in [0.15, 0.2) is 18.2 Å². The maximum Gasteiger partial charge on any atom is 0.270 e. The largest absolute Gasteiger partial charge is 0.393 e. The molecule has 1 rings (SSSR count). The van der Waals surface area contributed by atoms with Crippen molar-refractivity contribution >= 4 is 23.2 Å². The van der Waals surface area contributed by atoms with Crippen LogP contribution >= 0.6 is 11.6 Å². The van der Waals surface area contributed by atoms with E-state index in [-0.39, 0.29) is 16.3 Å². The summed E-state index contributed by atoms with van der Waals surface area (Å²) < 4.78 is 0. The van der Waals surface area contributed by atoms with Crippen molar-refractivity contribution in [2.45, 2.75) is 19.4 Å². The first-order chi connectivity index (χ1) is 8.82. The van der Waals surface area contributed by atoms with Gasteiger partial charge in [0.1, 0.15) is 0 Å². The van der Waals surface area contributed by atoms with Crippen LogP contribution in [-0.4, -0.2) is 40.5 Å². The summed E-state index contributed by atoms with van der Waals surface area (Å²) in [4.78, 5) is 23.6. The number of nitrogens with zero attached hydrogens (tertiary/aromatic N) is 2. The van der Waals surface area contributed by atoms with Gasteiger partial charge in [-0.1, -0.05) is 11.6 Å². The van der Waals surface area contributed by atoms with Crippen LogP contribution in [0, 0.1) is 10.1 Å². The number of non-ortho nitro benzene ring substituents is 1. The standard InChI is InChI=1S/C12H15ClN2O4/c1-8(16)5-6-14(2)12(17)10-7-9(15(18)19)3-4-11(10)13/h3-4,7-8,16H,5-6H2,1-2H3. The van der Waals surface area contributed by atoms with Crippen LogP contribution in [0.2, 0.25) is 5.02 Å². The molecule has 1 N–H and O–H groups in total. The molecule has 0 saturated heterocycles. The zero-order chi connectivity index (χ0) is 14.6. The number of hydrogen-bond donors (Lipinski definition) is 1. The first-order valence-corrected chi connectivity index (χ1v) is 6.08. The average Bonchev–Trinajstić information content (AvgIpc) is 2.35. The third-order valence-corrected chi connectivity index (χ3v) is 2.95. The van der Waals surface area contributed by atoms with Gasteiger partial charge >= 0.3 is 0 Å². The lowest BCUT2D eigenvalue weighted by Gasteiger charge is -2.18. The molecule has 0 aromatic heterocycles. The van der Waals surface area contributed by atoms with Crippen LogP contribution in [0.4, 0.5) is 5.69 Å². The fourth-order valence-electron chi connectivity index (χ4n) is 1.48. The van der Waals surface area contributed by atoms with Crippen LogP contribution in [0.25, 0.3) is 0 Å². The fraction of sp³-hybridized carbons (Fsp3) is 0.417. The van der Waals surface area contributed by atoms with Gasteiger partial charge in [-0.05, 0) is 19.4 Å². The van der Waals surface area contributed by atoms with Gasteiger partial charge in [-0.2, -0.15) is 0 Å². The van der Waals surface area contributed by atoms with Gasteiger partial charge < -0.3 is 10.0 Å². The van der Waals surface area contributed by atoms with Crippen LogP contribution in [0.5, 0.6) is 0 Å². The molecule has 1 aromatic rings. The number of nitro benzene ring substituents is 1. The molecule has 0 radical (unpaired) electrons. The second-order valence-corrected chi connectivity index (χ2v) is 4.69. The smallest absolute Gasteiger partial charge is 0.270 e. The van der Waals surface area contributed by atoms with Crippen molar-refractivity contribution < 1.29 is 14.8 Å². The number of amides is 1. The Kier molecular flexibility index (Phi) is 5.26. The summed E-state index contributed by atoms with van der Waals surface area (Å²) >= 11 is 5.88. The summed E-state index contributed by atoms with van der Waals surface area (Å²) in [6, 6.07) is 3.73. The first kappa shape index (κ1) is 15.4. The highest BCUT2D eigenvalue weighted by atomic mass is 35.5. The van der Waals surface area contributed by atoms with E-state index in [9.17, 15) is 20.0 Å². The molecular formula is C12H15ClN2O4. The second-order valence-electron chi connectivity index (χ2n) is 4.29. The summed E-state index contributed by atoms with van der Waals surface area (Å²) in [6.45, 7) is 1.97. The molecule has 0 fully saturated rings. The lowest BCUT2D eigenvalue weighted by Crippen LogP contribution is -2.29. The molecule has 0 aliphatic carbocycles. The molecule has 19 heavy (non-hydrogen) atoms. The minimum Gasteiger partial charge on any atom is -0.393 e. The van der Waals surface area contributed by atoms with Gasteiger partial charge in [0.05, 0.1) is 21.6 Å². The maximum atomic E-state index is 12.1. The quantitative estimate of drug-likeness (QED) is 0.663. The van der Waals surface area contributed by atoms with Crippen LogP contribution < -0.4 is 0 Å². The van der Waals surface area contributed by atoms with Crippen molar-refractivity contribution in [2.75, 3.05) is 13.6 Å². The predicted molar refractivity (Wildman–Crippen MR) is 71.4 cm³/mol. The highest BCUT2D eigenvalue weighted by Gasteiger charge is 2.19. The monoisotopic (exact) mass is 286 g/mol. The number of nitro groups is 1. The van der Waals surface area contributed by atoms with E-state index in [2.05, 4.69) is 0 Å². The number of benzene rings is 1.